The van der Waals surface area contributed by atoms with Crippen LogP contribution in [0.25, 0.3) is 0 Å². The minimum absolute atomic E-state index is 0.0670. The molecular formula is C15H21F3N2. The molecule has 0 aliphatic carbocycles. The third-order valence-corrected chi connectivity index (χ3v) is 3.91. The fourth-order valence-corrected chi connectivity index (χ4v) is 2.75. The smallest absolute Gasteiger partial charge is 0.312 e. The SMILES string of the molecule is CNC(CN1CCC(C)C1)c1cccc(C(F)(F)F)c1. The summed E-state index contributed by atoms with van der Waals surface area (Å²) in [5.41, 5.74) is 0.118. The maximum absolute atomic E-state index is 12.8. The highest BCUT2D eigenvalue weighted by atomic mass is 19.4. The van der Waals surface area contributed by atoms with Crippen LogP contribution in [-0.4, -0.2) is 31.6 Å². The van der Waals surface area contributed by atoms with E-state index in [4.69, 9.17) is 0 Å². The zero-order valence-electron chi connectivity index (χ0n) is 11.9. The monoisotopic (exact) mass is 286 g/mol. The number of benzene rings is 1. The lowest BCUT2D eigenvalue weighted by Crippen LogP contribution is -2.32. The van der Waals surface area contributed by atoms with Crippen LogP contribution in [0.5, 0.6) is 0 Å². The molecule has 1 heterocycles. The molecule has 2 rings (SSSR count). The van der Waals surface area contributed by atoms with Crippen molar-refractivity contribution in [2.75, 3.05) is 26.7 Å². The van der Waals surface area contributed by atoms with Gasteiger partial charge in [-0.2, -0.15) is 13.2 Å². The van der Waals surface area contributed by atoms with Crippen LogP contribution in [0.3, 0.4) is 0 Å². The van der Waals surface area contributed by atoms with E-state index in [0.717, 1.165) is 25.7 Å². The molecule has 0 radical (unpaired) electrons. The van der Waals surface area contributed by atoms with Gasteiger partial charge in [-0.3, -0.25) is 0 Å². The normalized spacial score (nSPS) is 22.1. The summed E-state index contributed by atoms with van der Waals surface area (Å²) in [5, 5.41) is 3.13. The Morgan fingerprint density at radius 2 is 2.15 bits per heavy atom. The highest BCUT2D eigenvalue weighted by Crippen LogP contribution is 2.31. The van der Waals surface area contributed by atoms with Crippen LogP contribution in [0.2, 0.25) is 0 Å². The van der Waals surface area contributed by atoms with E-state index < -0.39 is 11.7 Å². The van der Waals surface area contributed by atoms with E-state index >= 15 is 0 Å². The number of rotatable bonds is 4. The van der Waals surface area contributed by atoms with Gasteiger partial charge in [-0.25, -0.2) is 0 Å². The Hall–Kier alpha value is -1.07. The van der Waals surface area contributed by atoms with Gasteiger partial charge in [-0.05, 0) is 43.6 Å². The molecule has 0 aromatic heterocycles. The lowest BCUT2D eigenvalue weighted by Gasteiger charge is -2.24. The van der Waals surface area contributed by atoms with E-state index in [2.05, 4.69) is 17.1 Å². The van der Waals surface area contributed by atoms with Crippen molar-refractivity contribution in [2.24, 2.45) is 5.92 Å². The van der Waals surface area contributed by atoms with E-state index in [1.54, 1.807) is 13.1 Å². The molecule has 20 heavy (non-hydrogen) atoms. The molecule has 0 bridgehead atoms. The van der Waals surface area contributed by atoms with Gasteiger partial charge < -0.3 is 10.2 Å². The van der Waals surface area contributed by atoms with Crippen LogP contribution in [0, 0.1) is 5.92 Å². The van der Waals surface area contributed by atoms with Gasteiger partial charge in [0.1, 0.15) is 0 Å². The number of halogens is 3. The number of hydrogen-bond acceptors (Lipinski definition) is 2. The first kappa shape index (κ1) is 15.3. The number of likely N-dealkylation sites (tertiary alicyclic amines) is 1. The van der Waals surface area contributed by atoms with Crippen molar-refractivity contribution in [1.29, 1.82) is 0 Å². The number of hydrogen-bond donors (Lipinski definition) is 1. The van der Waals surface area contributed by atoms with Gasteiger partial charge >= 0.3 is 6.18 Å². The minimum Gasteiger partial charge on any atom is -0.312 e. The lowest BCUT2D eigenvalue weighted by atomic mass is 10.0. The Morgan fingerprint density at radius 1 is 1.40 bits per heavy atom. The van der Waals surface area contributed by atoms with Crippen LogP contribution in [0.15, 0.2) is 24.3 Å². The Bertz CT molecular complexity index is 445. The summed E-state index contributed by atoms with van der Waals surface area (Å²) in [6, 6.07) is 5.54. The Kier molecular flexibility index (Phi) is 4.70. The second kappa shape index (κ2) is 6.14. The van der Waals surface area contributed by atoms with Crippen molar-refractivity contribution >= 4 is 0 Å². The van der Waals surface area contributed by atoms with Gasteiger partial charge in [0.05, 0.1) is 5.56 Å². The molecular weight excluding hydrogens is 265 g/mol. The Labute approximate surface area is 118 Å². The molecule has 112 valence electrons. The first-order valence-corrected chi connectivity index (χ1v) is 6.97. The van der Waals surface area contributed by atoms with Crippen LogP contribution < -0.4 is 5.32 Å². The standard InChI is InChI=1S/C15H21F3N2/c1-11-6-7-20(9-11)10-14(19-2)12-4-3-5-13(8-12)15(16,17)18/h3-5,8,11,14,19H,6-7,9-10H2,1-2H3. The molecule has 1 aliphatic heterocycles. The van der Waals surface area contributed by atoms with Gasteiger partial charge in [0.25, 0.3) is 0 Å². The summed E-state index contributed by atoms with van der Waals surface area (Å²) >= 11 is 0. The topological polar surface area (TPSA) is 15.3 Å². The molecule has 1 N–H and O–H groups in total. The second-order valence-electron chi connectivity index (χ2n) is 5.62. The number of nitrogens with zero attached hydrogens (tertiary/aromatic N) is 1. The molecule has 2 atom stereocenters. The lowest BCUT2D eigenvalue weighted by molar-refractivity contribution is -0.137. The van der Waals surface area contributed by atoms with Gasteiger partial charge in [-0.1, -0.05) is 19.1 Å². The minimum atomic E-state index is -4.28. The fourth-order valence-electron chi connectivity index (χ4n) is 2.75. The van der Waals surface area contributed by atoms with Crippen LogP contribution >= 0.6 is 0 Å². The summed E-state index contributed by atoms with van der Waals surface area (Å²) in [4.78, 5) is 2.31. The van der Waals surface area contributed by atoms with Crippen LogP contribution in [0.4, 0.5) is 13.2 Å². The molecule has 2 unspecified atom stereocenters. The van der Waals surface area contributed by atoms with Crippen molar-refractivity contribution in [3.8, 4) is 0 Å². The van der Waals surface area contributed by atoms with E-state index in [9.17, 15) is 13.2 Å². The number of likely N-dealkylation sites (N-methyl/N-ethyl adjacent to an activating group) is 1. The van der Waals surface area contributed by atoms with E-state index in [1.165, 1.54) is 18.6 Å². The largest absolute Gasteiger partial charge is 0.416 e. The molecule has 1 aromatic rings. The maximum Gasteiger partial charge on any atom is 0.416 e. The van der Waals surface area contributed by atoms with Crippen LogP contribution in [-0.2, 0) is 6.18 Å². The summed E-state index contributed by atoms with van der Waals surface area (Å²) in [6.07, 6.45) is -3.12. The van der Waals surface area contributed by atoms with Gasteiger partial charge in [0.15, 0.2) is 0 Å². The van der Waals surface area contributed by atoms with Crippen molar-refractivity contribution < 1.29 is 13.2 Å². The molecule has 2 nitrogen and oxygen atoms in total. The molecule has 0 spiro atoms. The Morgan fingerprint density at radius 3 is 2.70 bits per heavy atom. The summed E-state index contributed by atoms with van der Waals surface area (Å²) in [5.74, 6) is 0.675. The highest BCUT2D eigenvalue weighted by Gasteiger charge is 2.31. The molecule has 0 amide bonds. The molecule has 5 heteroatoms. The van der Waals surface area contributed by atoms with Crippen LogP contribution in [0.1, 0.15) is 30.5 Å². The second-order valence-corrected chi connectivity index (χ2v) is 5.62. The van der Waals surface area contributed by atoms with Gasteiger partial charge in [0, 0.05) is 19.1 Å². The highest BCUT2D eigenvalue weighted by molar-refractivity contribution is 5.28. The predicted octanol–water partition coefficient (Wildman–Crippen LogP) is 3.31. The third kappa shape index (κ3) is 3.73. The Balaban J connectivity index is 2.11. The van der Waals surface area contributed by atoms with Gasteiger partial charge in [-0.15, -0.1) is 0 Å². The molecule has 0 saturated carbocycles. The summed E-state index contributed by atoms with van der Waals surface area (Å²) in [6.45, 7) is 5.01. The zero-order chi connectivity index (χ0) is 14.8. The van der Waals surface area contributed by atoms with E-state index in [1.807, 2.05) is 0 Å². The van der Waals surface area contributed by atoms with Crippen molar-refractivity contribution in [2.45, 2.75) is 25.6 Å². The fraction of sp³-hybridized carbons (Fsp3) is 0.600. The first-order valence-electron chi connectivity index (χ1n) is 6.97. The summed E-state index contributed by atoms with van der Waals surface area (Å²) in [7, 11) is 1.80. The van der Waals surface area contributed by atoms with Crippen molar-refractivity contribution in [3.05, 3.63) is 35.4 Å². The zero-order valence-corrected chi connectivity index (χ0v) is 11.9. The van der Waals surface area contributed by atoms with Crippen molar-refractivity contribution in [3.63, 3.8) is 0 Å². The summed E-state index contributed by atoms with van der Waals surface area (Å²) < 4.78 is 38.3. The average Bonchev–Trinajstić information content (AvgIpc) is 2.81. The first-order chi connectivity index (χ1) is 9.40. The number of alkyl halides is 3. The van der Waals surface area contributed by atoms with Crippen molar-refractivity contribution in [1.82, 2.24) is 10.2 Å². The molecule has 1 fully saturated rings. The third-order valence-electron chi connectivity index (χ3n) is 3.91. The molecule has 1 saturated heterocycles. The quantitative estimate of drug-likeness (QED) is 0.913. The predicted molar refractivity (Wildman–Crippen MR) is 73.5 cm³/mol. The van der Waals surface area contributed by atoms with E-state index in [-0.39, 0.29) is 6.04 Å². The average molecular weight is 286 g/mol. The number of nitrogens with one attached hydrogen (secondary N) is 1. The van der Waals surface area contributed by atoms with E-state index in [0.29, 0.717) is 11.5 Å². The molecule has 1 aliphatic rings. The molecule has 1 aromatic carbocycles. The van der Waals surface area contributed by atoms with Gasteiger partial charge in [0.2, 0.25) is 0 Å². The maximum atomic E-state index is 12.8.